The maximum absolute atomic E-state index is 12.2. The number of carbonyl (C=O) groups is 3. The zero-order valence-electron chi connectivity index (χ0n) is 12.6. The normalized spacial score (nSPS) is 37.8. The van der Waals surface area contributed by atoms with Crippen LogP contribution in [0.1, 0.15) is 19.8 Å². The standard InChI is InChI=1S/C15H17NO7/c1-8-3-4-16(10(17)5-8)14-15(2,20)13-9(22-14)7-21-11(18)6-12(19)23-13/h3-4,9,13-14,20H,1,5-7H2,2H3/t9-,13?,14-,15+/m1/s1. The van der Waals surface area contributed by atoms with Crippen molar-refractivity contribution in [3.05, 3.63) is 24.4 Å². The van der Waals surface area contributed by atoms with Crippen molar-refractivity contribution in [1.29, 1.82) is 0 Å². The molecule has 0 bridgehead atoms. The van der Waals surface area contributed by atoms with Gasteiger partial charge in [0.25, 0.3) is 0 Å². The lowest BCUT2D eigenvalue weighted by atomic mass is 9.94. The van der Waals surface area contributed by atoms with E-state index in [1.807, 2.05) is 0 Å². The third kappa shape index (κ3) is 2.75. The van der Waals surface area contributed by atoms with Gasteiger partial charge in [0.05, 0.1) is 6.42 Å². The Morgan fingerprint density at radius 2 is 2.04 bits per heavy atom. The van der Waals surface area contributed by atoms with E-state index < -0.39 is 42.4 Å². The van der Waals surface area contributed by atoms with E-state index in [1.165, 1.54) is 18.0 Å². The van der Waals surface area contributed by atoms with Crippen LogP contribution in [-0.4, -0.2) is 58.5 Å². The summed E-state index contributed by atoms with van der Waals surface area (Å²) in [6.07, 6.45) is -0.246. The number of esters is 2. The molecule has 0 aromatic rings. The van der Waals surface area contributed by atoms with Crippen molar-refractivity contribution in [2.24, 2.45) is 0 Å². The molecule has 0 radical (unpaired) electrons. The smallest absolute Gasteiger partial charge is 0.317 e. The number of rotatable bonds is 1. The van der Waals surface area contributed by atoms with Gasteiger partial charge in [0.2, 0.25) is 5.91 Å². The fourth-order valence-electron chi connectivity index (χ4n) is 2.91. The second-order valence-corrected chi connectivity index (χ2v) is 5.97. The number of hydrogen-bond donors (Lipinski definition) is 1. The third-order valence-electron chi connectivity index (χ3n) is 4.06. The van der Waals surface area contributed by atoms with Crippen molar-refractivity contribution < 1.29 is 33.7 Å². The van der Waals surface area contributed by atoms with Crippen molar-refractivity contribution in [3.63, 3.8) is 0 Å². The molecule has 0 aromatic heterocycles. The summed E-state index contributed by atoms with van der Waals surface area (Å²) in [5.41, 5.74) is -1.00. The number of aliphatic hydroxyl groups is 1. The van der Waals surface area contributed by atoms with Crippen LogP contribution in [0.2, 0.25) is 0 Å². The van der Waals surface area contributed by atoms with E-state index in [9.17, 15) is 19.5 Å². The Bertz CT molecular complexity index is 609. The SMILES string of the molecule is C=C1C=CN([C@@H]2O[C@@H]3COC(=O)CC(=O)OC3[C@]2(C)O)C(=O)C1. The summed E-state index contributed by atoms with van der Waals surface area (Å²) in [6, 6.07) is 0. The highest BCUT2D eigenvalue weighted by Gasteiger charge is 2.58. The molecule has 8 heteroatoms. The van der Waals surface area contributed by atoms with Crippen molar-refractivity contribution >= 4 is 17.8 Å². The topological polar surface area (TPSA) is 102 Å². The predicted molar refractivity (Wildman–Crippen MR) is 74.5 cm³/mol. The molecule has 2 saturated heterocycles. The first-order valence-electron chi connectivity index (χ1n) is 7.19. The summed E-state index contributed by atoms with van der Waals surface area (Å²) >= 11 is 0. The van der Waals surface area contributed by atoms with Crippen molar-refractivity contribution in [3.8, 4) is 0 Å². The quantitative estimate of drug-likeness (QED) is 0.518. The van der Waals surface area contributed by atoms with Gasteiger partial charge >= 0.3 is 11.9 Å². The van der Waals surface area contributed by atoms with Gasteiger partial charge in [0.15, 0.2) is 12.3 Å². The van der Waals surface area contributed by atoms with Crippen LogP contribution in [0.25, 0.3) is 0 Å². The number of ether oxygens (including phenoxy) is 3. The van der Waals surface area contributed by atoms with Gasteiger partial charge in [0.1, 0.15) is 24.7 Å². The predicted octanol–water partition coefficient (Wildman–Crippen LogP) is -0.377. The molecule has 124 valence electrons. The Morgan fingerprint density at radius 3 is 2.74 bits per heavy atom. The first-order valence-corrected chi connectivity index (χ1v) is 7.19. The van der Waals surface area contributed by atoms with Crippen LogP contribution in [0.4, 0.5) is 0 Å². The van der Waals surface area contributed by atoms with Gasteiger partial charge in [-0.15, -0.1) is 0 Å². The maximum atomic E-state index is 12.2. The Balaban J connectivity index is 1.88. The Hall–Kier alpha value is -2.19. The molecule has 0 spiro atoms. The molecule has 3 heterocycles. The lowest BCUT2D eigenvalue weighted by Gasteiger charge is -2.36. The molecule has 1 N–H and O–H groups in total. The Labute approximate surface area is 132 Å². The van der Waals surface area contributed by atoms with Gasteiger partial charge in [-0.05, 0) is 18.6 Å². The molecule has 3 rings (SSSR count). The molecule has 0 saturated carbocycles. The summed E-state index contributed by atoms with van der Waals surface area (Å²) in [4.78, 5) is 36.4. The van der Waals surface area contributed by atoms with Crippen LogP contribution in [0.5, 0.6) is 0 Å². The van der Waals surface area contributed by atoms with E-state index in [1.54, 1.807) is 6.08 Å². The number of hydrogen-bond acceptors (Lipinski definition) is 7. The molecular formula is C15H17NO7. The minimum Gasteiger partial charge on any atom is -0.462 e. The van der Waals surface area contributed by atoms with E-state index >= 15 is 0 Å². The summed E-state index contributed by atoms with van der Waals surface area (Å²) in [7, 11) is 0. The van der Waals surface area contributed by atoms with Crippen molar-refractivity contribution in [1.82, 2.24) is 4.90 Å². The highest BCUT2D eigenvalue weighted by molar-refractivity contribution is 5.91. The zero-order valence-corrected chi connectivity index (χ0v) is 12.6. The zero-order chi connectivity index (χ0) is 16.8. The molecule has 1 amide bonds. The van der Waals surface area contributed by atoms with E-state index in [0.29, 0.717) is 5.57 Å². The number of amides is 1. The van der Waals surface area contributed by atoms with Gasteiger partial charge < -0.3 is 19.3 Å². The minimum atomic E-state index is -1.65. The molecule has 3 aliphatic heterocycles. The van der Waals surface area contributed by atoms with Crippen molar-refractivity contribution in [2.75, 3.05) is 6.61 Å². The van der Waals surface area contributed by atoms with Crippen LogP contribution in [-0.2, 0) is 28.6 Å². The van der Waals surface area contributed by atoms with Gasteiger partial charge in [-0.25, -0.2) is 0 Å². The minimum absolute atomic E-state index is 0.108. The highest BCUT2D eigenvalue weighted by atomic mass is 16.6. The van der Waals surface area contributed by atoms with E-state index in [0.717, 1.165) is 0 Å². The second-order valence-electron chi connectivity index (χ2n) is 5.97. The van der Waals surface area contributed by atoms with E-state index in [2.05, 4.69) is 6.58 Å². The largest absolute Gasteiger partial charge is 0.462 e. The number of fused-ring (bicyclic) bond motifs is 1. The molecule has 0 aliphatic carbocycles. The van der Waals surface area contributed by atoms with Crippen LogP contribution in [0.15, 0.2) is 24.4 Å². The van der Waals surface area contributed by atoms with Crippen LogP contribution >= 0.6 is 0 Å². The van der Waals surface area contributed by atoms with Gasteiger partial charge in [-0.3, -0.25) is 19.3 Å². The summed E-state index contributed by atoms with van der Waals surface area (Å²) in [5.74, 6) is -1.81. The summed E-state index contributed by atoms with van der Waals surface area (Å²) < 4.78 is 15.8. The summed E-state index contributed by atoms with van der Waals surface area (Å²) in [6.45, 7) is 4.97. The number of cyclic esters (lactones) is 1. The molecule has 23 heavy (non-hydrogen) atoms. The van der Waals surface area contributed by atoms with E-state index in [4.69, 9.17) is 14.2 Å². The Kier molecular flexibility index (Phi) is 3.73. The third-order valence-corrected chi connectivity index (χ3v) is 4.06. The molecule has 0 aromatic carbocycles. The fourth-order valence-corrected chi connectivity index (χ4v) is 2.91. The Morgan fingerprint density at radius 1 is 1.30 bits per heavy atom. The first kappa shape index (κ1) is 15.7. The molecule has 4 atom stereocenters. The maximum Gasteiger partial charge on any atom is 0.317 e. The fraction of sp³-hybridized carbons (Fsp3) is 0.533. The molecule has 8 nitrogen and oxygen atoms in total. The van der Waals surface area contributed by atoms with Gasteiger partial charge in [-0.1, -0.05) is 6.58 Å². The molecular weight excluding hydrogens is 306 g/mol. The number of carbonyl (C=O) groups excluding carboxylic acids is 3. The molecule has 2 fully saturated rings. The van der Waals surface area contributed by atoms with Gasteiger partial charge in [-0.2, -0.15) is 0 Å². The van der Waals surface area contributed by atoms with Crippen LogP contribution in [0, 0.1) is 0 Å². The van der Waals surface area contributed by atoms with Crippen LogP contribution in [0.3, 0.4) is 0 Å². The van der Waals surface area contributed by atoms with Crippen molar-refractivity contribution in [2.45, 2.75) is 43.8 Å². The van der Waals surface area contributed by atoms with Gasteiger partial charge in [0, 0.05) is 6.20 Å². The second kappa shape index (κ2) is 5.47. The molecule has 3 aliphatic rings. The average Bonchev–Trinajstić information content (AvgIpc) is 2.67. The summed E-state index contributed by atoms with van der Waals surface area (Å²) in [5, 5.41) is 10.8. The number of nitrogens with zero attached hydrogens (tertiary/aromatic N) is 1. The lowest BCUT2D eigenvalue weighted by molar-refractivity contribution is -0.176. The number of allylic oxidation sites excluding steroid dienone is 1. The lowest BCUT2D eigenvalue weighted by Crippen LogP contribution is -2.55. The highest BCUT2D eigenvalue weighted by Crippen LogP contribution is 2.37. The van der Waals surface area contributed by atoms with Crippen LogP contribution < -0.4 is 0 Å². The van der Waals surface area contributed by atoms with E-state index in [-0.39, 0.29) is 18.9 Å². The molecule has 1 unspecified atom stereocenters. The average molecular weight is 323 g/mol. The monoisotopic (exact) mass is 323 g/mol. The first-order chi connectivity index (χ1) is 10.8.